The van der Waals surface area contributed by atoms with Crippen molar-refractivity contribution in [3.63, 3.8) is 0 Å². The highest BCUT2D eigenvalue weighted by Gasteiger charge is 2.20. The lowest BCUT2D eigenvalue weighted by Crippen LogP contribution is -2.39. The van der Waals surface area contributed by atoms with E-state index in [1.54, 1.807) is 37.3 Å². The Morgan fingerprint density at radius 1 is 1.07 bits per heavy atom. The number of nitrogens with zero attached hydrogens (tertiary/aromatic N) is 1. The number of methoxy groups -OCH3 is 2. The predicted molar refractivity (Wildman–Crippen MR) is 105 cm³/mol. The summed E-state index contributed by atoms with van der Waals surface area (Å²) in [6, 6.07) is 13.0. The summed E-state index contributed by atoms with van der Waals surface area (Å²) >= 11 is 6.04. The summed E-state index contributed by atoms with van der Waals surface area (Å²) in [5.41, 5.74) is 2.40. The van der Waals surface area contributed by atoms with Crippen LogP contribution >= 0.6 is 11.6 Å². The van der Waals surface area contributed by atoms with E-state index in [1.165, 1.54) is 0 Å². The second-order valence-electron chi connectivity index (χ2n) is 6.04. The lowest BCUT2D eigenvalue weighted by molar-refractivity contribution is -0.129. The zero-order valence-corrected chi connectivity index (χ0v) is 16.2. The van der Waals surface area contributed by atoms with E-state index < -0.39 is 0 Å². The molecule has 142 valence electrons. The molecule has 0 N–H and O–H groups in total. The van der Waals surface area contributed by atoms with Crippen molar-refractivity contribution in [2.24, 2.45) is 0 Å². The van der Waals surface area contributed by atoms with Crippen LogP contribution in [-0.4, -0.2) is 51.3 Å². The Morgan fingerprint density at radius 3 is 2.41 bits per heavy atom. The minimum Gasteiger partial charge on any atom is -0.493 e. The third-order valence-electron chi connectivity index (χ3n) is 4.44. The van der Waals surface area contributed by atoms with E-state index in [1.807, 2.05) is 30.3 Å². The maximum absolute atomic E-state index is 12.9. The van der Waals surface area contributed by atoms with E-state index >= 15 is 0 Å². The zero-order valence-electron chi connectivity index (χ0n) is 15.4. The number of morpholine rings is 1. The topological polar surface area (TPSA) is 48.0 Å². The van der Waals surface area contributed by atoms with Gasteiger partial charge in [0.2, 0.25) is 5.91 Å². The molecule has 1 amide bonds. The summed E-state index contributed by atoms with van der Waals surface area (Å²) in [7, 11) is 3.18. The molecule has 0 aromatic heterocycles. The number of rotatable bonds is 5. The van der Waals surface area contributed by atoms with Gasteiger partial charge >= 0.3 is 0 Å². The number of para-hydroxylation sites is 1. The van der Waals surface area contributed by atoms with Gasteiger partial charge in [0.25, 0.3) is 0 Å². The van der Waals surface area contributed by atoms with Crippen molar-refractivity contribution < 1.29 is 19.0 Å². The molecule has 1 saturated heterocycles. The molecule has 0 aliphatic carbocycles. The number of carbonyl (C=O) groups excluding carboxylic acids is 1. The van der Waals surface area contributed by atoms with Crippen molar-refractivity contribution in [3.8, 4) is 11.5 Å². The molecule has 0 spiro atoms. The van der Waals surface area contributed by atoms with Gasteiger partial charge in [-0.25, -0.2) is 0 Å². The molecule has 0 unspecified atom stereocenters. The monoisotopic (exact) mass is 387 g/mol. The average molecular weight is 388 g/mol. The number of carbonyl (C=O) groups is 1. The Hall–Kier alpha value is -2.50. The smallest absolute Gasteiger partial charge is 0.247 e. The van der Waals surface area contributed by atoms with Gasteiger partial charge in [0.15, 0.2) is 11.5 Å². The number of amides is 1. The summed E-state index contributed by atoms with van der Waals surface area (Å²) < 4.78 is 16.3. The molecule has 0 bridgehead atoms. The van der Waals surface area contributed by atoms with Gasteiger partial charge in [-0.05, 0) is 29.3 Å². The van der Waals surface area contributed by atoms with Crippen molar-refractivity contribution >= 4 is 23.1 Å². The third kappa shape index (κ3) is 4.43. The van der Waals surface area contributed by atoms with Crippen LogP contribution in [0.4, 0.5) is 0 Å². The molecule has 0 radical (unpaired) electrons. The SMILES string of the molecule is COc1cccc(C(=CC(=O)N2CCOCC2)c2ccc(Cl)cc2)c1OC. The molecule has 1 fully saturated rings. The molecule has 2 aromatic rings. The summed E-state index contributed by atoms with van der Waals surface area (Å²) in [5, 5.41) is 0.634. The van der Waals surface area contributed by atoms with Crippen molar-refractivity contribution in [1.82, 2.24) is 4.90 Å². The lowest BCUT2D eigenvalue weighted by Gasteiger charge is -2.26. The van der Waals surface area contributed by atoms with Crippen molar-refractivity contribution in [3.05, 3.63) is 64.7 Å². The van der Waals surface area contributed by atoms with E-state index in [2.05, 4.69) is 0 Å². The molecule has 1 aliphatic heterocycles. The molecule has 27 heavy (non-hydrogen) atoms. The Morgan fingerprint density at radius 2 is 1.78 bits per heavy atom. The van der Waals surface area contributed by atoms with Gasteiger partial charge < -0.3 is 19.1 Å². The van der Waals surface area contributed by atoms with Crippen LogP contribution in [0.2, 0.25) is 5.02 Å². The maximum Gasteiger partial charge on any atom is 0.247 e. The van der Waals surface area contributed by atoms with Crippen LogP contribution in [0.1, 0.15) is 11.1 Å². The molecule has 0 saturated carbocycles. The second-order valence-corrected chi connectivity index (χ2v) is 6.48. The first-order valence-corrected chi connectivity index (χ1v) is 9.07. The number of ether oxygens (including phenoxy) is 3. The first kappa shape index (κ1) is 19.3. The lowest BCUT2D eigenvalue weighted by atomic mass is 9.96. The Labute approximate surface area is 164 Å². The third-order valence-corrected chi connectivity index (χ3v) is 4.69. The zero-order chi connectivity index (χ0) is 19.2. The maximum atomic E-state index is 12.9. The van der Waals surface area contributed by atoms with Crippen LogP contribution < -0.4 is 9.47 Å². The fourth-order valence-corrected chi connectivity index (χ4v) is 3.17. The largest absolute Gasteiger partial charge is 0.493 e. The summed E-state index contributed by atoms with van der Waals surface area (Å²) in [6.45, 7) is 2.27. The van der Waals surface area contributed by atoms with E-state index in [4.69, 9.17) is 25.8 Å². The Bertz CT molecular complexity index is 827. The van der Waals surface area contributed by atoms with Crippen LogP contribution in [0.25, 0.3) is 5.57 Å². The molecule has 1 aliphatic rings. The number of hydrogen-bond donors (Lipinski definition) is 0. The summed E-state index contributed by atoms with van der Waals surface area (Å²) in [5.74, 6) is 1.12. The average Bonchev–Trinajstić information content (AvgIpc) is 2.72. The van der Waals surface area contributed by atoms with Gasteiger partial charge in [-0.2, -0.15) is 0 Å². The quantitative estimate of drug-likeness (QED) is 0.735. The van der Waals surface area contributed by atoms with Gasteiger partial charge in [-0.15, -0.1) is 0 Å². The molecule has 3 rings (SSSR count). The minimum atomic E-state index is -0.0619. The molecular formula is C21H22ClNO4. The molecule has 2 aromatic carbocycles. The minimum absolute atomic E-state index is 0.0619. The highest BCUT2D eigenvalue weighted by molar-refractivity contribution is 6.30. The standard InChI is InChI=1S/C21H22ClNO4/c1-25-19-5-3-4-17(21(19)26-2)18(15-6-8-16(22)9-7-15)14-20(24)23-10-12-27-13-11-23/h3-9,14H,10-13H2,1-2H3. The molecule has 5 nitrogen and oxygen atoms in total. The van der Waals surface area contributed by atoms with Gasteiger partial charge in [-0.3, -0.25) is 4.79 Å². The van der Waals surface area contributed by atoms with Crippen LogP contribution in [0, 0.1) is 0 Å². The van der Waals surface area contributed by atoms with Gasteiger partial charge in [0, 0.05) is 29.8 Å². The molecule has 1 heterocycles. The van der Waals surface area contributed by atoms with Crippen molar-refractivity contribution in [1.29, 1.82) is 0 Å². The fraction of sp³-hybridized carbons (Fsp3) is 0.286. The predicted octanol–water partition coefficient (Wildman–Crippen LogP) is 3.65. The molecular weight excluding hydrogens is 366 g/mol. The summed E-state index contributed by atoms with van der Waals surface area (Å²) in [6.07, 6.45) is 1.64. The first-order valence-electron chi connectivity index (χ1n) is 8.69. The number of halogens is 1. The Balaban J connectivity index is 2.09. The first-order chi connectivity index (χ1) is 13.1. The van der Waals surface area contributed by atoms with E-state index in [9.17, 15) is 4.79 Å². The normalized spacial score (nSPS) is 14.8. The number of benzene rings is 2. The fourth-order valence-electron chi connectivity index (χ4n) is 3.04. The van der Waals surface area contributed by atoms with Crippen molar-refractivity contribution in [2.45, 2.75) is 0 Å². The van der Waals surface area contributed by atoms with E-state index in [-0.39, 0.29) is 5.91 Å². The van der Waals surface area contributed by atoms with Crippen LogP contribution in [0.5, 0.6) is 11.5 Å². The van der Waals surface area contributed by atoms with Crippen LogP contribution in [0.3, 0.4) is 0 Å². The molecule has 6 heteroatoms. The van der Waals surface area contributed by atoms with Gasteiger partial charge in [0.1, 0.15) is 0 Å². The Kier molecular flexibility index (Phi) is 6.37. The van der Waals surface area contributed by atoms with E-state index in [0.717, 1.165) is 16.7 Å². The van der Waals surface area contributed by atoms with E-state index in [0.29, 0.717) is 42.8 Å². The van der Waals surface area contributed by atoms with Gasteiger partial charge in [0.05, 0.1) is 27.4 Å². The highest BCUT2D eigenvalue weighted by atomic mass is 35.5. The number of hydrogen-bond acceptors (Lipinski definition) is 4. The van der Waals surface area contributed by atoms with Gasteiger partial charge in [-0.1, -0.05) is 35.9 Å². The van der Waals surface area contributed by atoms with Crippen LogP contribution in [-0.2, 0) is 9.53 Å². The second kappa shape index (κ2) is 8.93. The highest BCUT2D eigenvalue weighted by Crippen LogP contribution is 2.38. The summed E-state index contributed by atoms with van der Waals surface area (Å²) in [4.78, 5) is 14.7. The van der Waals surface area contributed by atoms with Crippen molar-refractivity contribution in [2.75, 3.05) is 40.5 Å². The molecule has 0 atom stereocenters. The van der Waals surface area contributed by atoms with Crippen LogP contribution in [0.15, 0.2) is 48.5 Å².